The van der Waals surface area contributed by atoms with E-state index in [2.05, 4.69) is 5.32 Å². The Balaban J connectivity index is 2.38. The molecule has 0 amide bonds. The summed E-state index contributed by atoms with van der Waals surface area (Å²) in [7, 11) is 1.57. The minimum Gasteiger partial charge on any atom is -0.495 e. The van der Waals surface area contributed by atoms with Crippen molar-refractivity contribution in [3.05, 3.63) is 53.3 Å². The molecular weight excluding hydrogens is 243 g/mol. The fraction of sp³-hybridized carbons (Fsp3) is 0.133. The van der Waals surface area contributed by atoms with E-state index in [1.807, 2.05) is 31.2 Å². The highest BCUT2D eigenvalue weighted by Crippen LogP contribution is 2.29. The van der Waals surface area contributed by atoms with Gasteiger partial charge in [-0.3, -0.25) is 0 Å². The Labute approximate surface area is 111 Å². The molecule has 19 heavy (non-hydrogen) atoms. The predicted molar refractivity (Wildman–Crippen MR) is 72.1 cm³/mol. The summed E-state index contributed by atoms with van der Waals surface area (Å²) in [6.45, 7) is 1.96. The van der Waals surface area contributed by atoms with Crippen molar-refractivity contribution in [1.29, 1.82) is 5.26 Å². The largest absolute Gasteiger partial charge is 0.495 e. The van der Waals surface area contributed by atoms with Gasteiger partial charge in [0.15, 0.2) is 0 Å². The molecule has 0 unspecified atom stereocenters. The molecular formula is C15H13FN2O. The number of halogens is 1. The topological polar surface area (TPSA) is 45.0 Å². The van der Waals surface area contributed by atoms with Crippen LogP contribution in [0.15, 0.2) is 36.4 Å². The molecule has 96 valence electrons. The number of benzene rings is 2. The molecule has 0 radical (unpaired) electrons. The lowest BCUT2D eigenvalue weighted by Crippen LogP contribution is -1.96. The molecule has 1 N–H and O–H groups in total. The molecule has 0 atom stereocenters. The maximum atomic E-state index is 13.4. The molecule has 2 aromatic carbocycles. The lowest BCUT2D eigenvalue weighted by molar-refractivity contribution is 0.416. The minimum absolute atomic E-state index is 0.272. The Morgan fingerprint density at radius 2 is 2.00 bits per heavy atom. The van der Waals surface area contributed by atoms with Gasteiger partial charge in [-0.15, -0.1) is 0 Å². The van der Waals surface area contributed by atoms with Crippen molar-refractivity contribution in [1.82, 2.24) is 0 Å². The van der Waals surface area contributed by atoms with Crippen LogP contribution in [0.5, 0.6) is 5.75 Å². The van der Waals surface area contributed by atoms with E-state index >= 15 is 0 Å². The molecule has 0 aliphatic carbocycles. The summed E-state index contributed by atoms with van der Waals surface area (Å²) in [5.41, 5.74) is 2.58. The van der Waals surface area contributed by atoms with Crippen LogP contribution in [0.25, 0.3) is 0 Å². The molecule has 0 aliphatic heterocycles. The van der Waals surface area contributed by atoms with Crippen molar-refractivity contribution in [2.24, 2.45) is 0 Å². The average Bonchev–Trinajstić information content (AvgIpc) is 2.38. The monoisotopic (exact) mass is 256 g/mol. The predicted octanol–water partition coefficient (Wildman–Crippen LogP) is 3.76. The summed E-state index contributed by atoms with van der Waals surface area (Å²) in [6, 6.07) is 11.7. The van der Waals surface area contributed by atoms with E-state index in [0.29, 0.717) is 11.4 Å². The van der Waals surface area contributed by atoms with Gasteiger partial charge in [-0.25, -0.2) is 4.39 Å². The van der Waals surface area contributed by atoms with Gasteiger partial charge >= 0.3 is 0 Å². The summed E-state index contributed by atoms with van der Waals surface area (Å²) in [4.78, 5) is 0. The first-order valence-electron chi connectivity index (χ1n) is 5.75. The Morgan fingerprint density at radius 3 is 2.68 bits per heavy atom. The number of rotatable bonds is 3. The van der Waals surface area contributed by atoms with Crippen LogP contribution in [0.3, 0.4) is 0 Å². The summed E-state index contributed by atoms with van der Waals surface area (Å²) in [6.07, 6.45) is 0. The molecule has 3 nitrogen and oxygen atoms in total. The van der Waals surface area contributed by atoms with Crippen LogP contribution in [0.4, 0.5) is 15.8 Å². The molecule has 0 bridgehead atoms. The third-order valence-corrected chi connectivity index (χ3v) is 2.66. The molecule has 0 spiro atoms. The van der Waals surface area contributed by atoms with E-state index in [9.17, 15) is 4.39 Å². The average molecular weight is 256 g/mol. The van der Waals surface area contributed by atoms with Gasteiger partial charge in [0.2, 0.25) is 0 Å². The van der Waals surface area contributed by atoms with Crippen molar-refractivity contribution in [3.63, 3.8) is 0 Å². The zero-order chi connectivity index (χ0) is 13.8. The van der Waals surface area contributed by atoms with Gasteiger partial charge in [0.05, 0.1) is 24.4 Å². The van der Waals surface area contributed by atoms with Crippen LogP contribution in [0.2, 0.25) is 0 Å². The van der Waals surface area contributed by atoms with Gasteiger partial charge < -0.3 is 10.1 Å². The van der Waals surface area contributed by atoms with Crippen molar-refractivity contribution in [2.45, 2.75) is 6.92 Å². The van der Waals surface area contributed by atoms with Gasteiger partial charge in [0.25, 0.3) is 0 Å². The third kappa shape index (κ3) is 3.02. The van der Waals surface area contributed by atoms with Crippen LogP contribution in [-0.4, -0.2) is 7.11 Å². The Hall–Kier alpha value is -2.54. The summed E-state index contributed by atoms with van der Waals surface area (Å²) < 4.78 is 18.6. The normalized spacial score (nSPS) is 9.79. The first-order chi connectivity index (χ1) is 9.12. The first-order valence-corrected chi connectivity index (χ1v) is 5.75. The van der Waals surface area contributed by atoms with Gasteiger partial charge in [-0.2, -0.15) is 5.26 Å². The summed E-state index contributed by atoms with van der Waals surface area (Å²) in [5, 5.41) is 11.9. The SMILES string of the molecule is COc1ccc(C)cc1Nc1cc(F)cc(C#N)c1. The maximum absolute atomic E-state index is 13.4. The molecule has 2 aromatic rings. The number of anilines is 2. The zero-order valence-corrected chi connectivity index (χ0v) is 10.7. The van der Waals surface area contributed by atoms with E-state index in [0.717, 1.165) is 11.3 Å². The molecule has 4 heteroatoms. The van der Waals surface area contributed by atoms with Gasteiger partial charge in [0, 0.05) is 5.69 Å². The second-order valence-electron chi connectivity index (χ2n) is 4.17. The Morgan fingerprint density at radius 1 is 1.21 bits per heavy atom. The van der Waals surface area contributed by atoms with Crippen molar-refractivity contribution in [3.8, 4) is 11.8 Å². The molecule has 0 aromatic heterocycles. The van der Waals surface area contributed by atoms with Crippen LogP contribution in [0, 0.1) is 24.1 Å². The quantitative estimate of drug-likeness (QED) is 0.909. The molecule has 0 fully saturated rings. The highest BCUT2D eigenvalue weighted by Gasteiger charge is 2.06. The summed E-state index contributed by atoms with van der Waals surface area (Å²) in [5.74, 6) is 0.210. The van der Waals surface area contributed by atoms with Gasteiger partial charge in [-0.05, 0) is 42.8 Å². The molecule has 0 heterocycles. The standard InChI is InChI=1S/C15H13FN2O/c1-10-3-4-15(19-2)14(5-10)18-13-7-11(9-17)6-12(16)8-13/h3-8,18H,1-2H3. The fourth-order valence-corrected chi connectivity index (χ4v) is 1.80. The lowest BCUT2D eigenvalue weighted by Gasteiger charge is -2.12. The molecule has 2 rings (SSSR count). The lowest BCUT2D eigenvalue weighted by atomic mass is 10.1. The maximum Gasteiger partial charge on any atom is 0.142 e. The highest BCUT2D eigenvalue weighted by molar-refractivity contribution is 5.68. The zero-order valence-electron chi connectivity index (χ0n) is 10.7. The van der Waals surface area contributed by atoms with Crippen molar-refractivity contribution >= 4 is 11.4 Å². The third-order valence-electron chi connectivity index (χ3n) is 2.66. The molecule has 0 saturated carbocycles. The second-order valence-corrected chi connectivity index (χ2v) is 4.17. The number of nitrogens with one attached hydrogen (secondary N) is 1. The van der Waals surface area contributed by atoms with E-state index in [-0.39, 0.29) is 5.56 Å². The Kier molecular flexibility index (Phi) is 3.67. The number of ether oxygens (including phenoxy) is 1. The van der Waals surface area contributed by atoms with Crippen LogP contribution < -0.4 is 10.1 Å². The van der Waals surface area contributed by atoms with Crippen LogP contribution in [-0.2, 0) is 0 Å². The number of hydrogen-bond donors (Lipinski definition) is 1. The molecule has 0 aliphatic rings. The minimum atomic E-state index is -0.451. The highest BCUT2D eigenvalue weighted by atomic mass is 19.1. The second kappa shape index (κ2) is 5.40. The summed E-state index contributed by atoms with van der Waals surface area (Å²) >= 11 is 0. The Bertz CT molecular complexity index is 647. The van der Waals surface area contributed by atoms with Crippen LogP contribution in [0.1, 0.15) is 11.1 Å². The van der Waals surface area contributed by atoms with Gasteiger partial charge in [-0.1, -0.05) is 6.07 Å². The van der Waals surface area contributed by atoms with Crippen LogP contribution >= 0.6 is 0 Å². The number of nitriles is 1. The number of aryl methyl sites for hydroxylation is 1. The number of hydrogen-bond acceptors (Lipinski definition) is 3. The molecule has 0 saturated heterocycles. The van der Waals surface area contributed by atoms with Gasteiger partial charge in [0.1, 0.15) is 11.6 Å². The van der Waals surface area contributed by atoms with E-state index in [4.69, 9.17) is 10.00 Å². The van der Waals surface area contributed by atoms with E-state index < -0.39 is 5.82 Å². The van der Waals surface area contributed by atoms with Crippen molar-refractivity contribution in [2.75, 3.05) is 12.4 Å². The van der Waals surface area contributed by atoms with E-state index in [1.54, 1.807) is 13.2 Å². The first kappa shape index (κ1) is 12.9. The smallest absolute Gasteiger partial charge is 0.142 e. The van der Waals surface area contributed by atoms with E-state index in [1.165, 1.54) is 12.1 Å². The number of methoxy groups -OCH3 is 1. The fourth-order valence-electron chi connectivity index (χ4n) is 1.80. The van der Waals surface area contributed by atoms with Crippen molar-refractivity contribution < 1.29 is 9.13 Å². The number of nitrogens with zero attached hydrogens (tertiary/aromatic N) is 1.